The molecule has 3 aromatic rings. The molecule has 6 heteroatoms. The van der Waals surface area contributed by atoms with Gasteiger partial charge < -0.3 is 15.4 Å². The predicted octanol–water partition coefficient (Wildman–Crippen LogP) is 6.60. The number of fused-ring (bicyclic) bond motifs is 1. The second kappa shape index (κ2) is 7.88. The van der Waals surface area contributed by atoms with E-state index < -0.39 is 0 Å². The first kappa shape index (κ1) is 19.0. The molecule has 5 nitrogen and oxygen atoms in total. The van der Waals surface area contributed by atoms with Gasteiger partial charge in [-0.1, -0.05) is 45.9 Å². The number of azo groups is 1. The van der Waals surface area contributed by atoms with Gasteiger partial charge in [-0.3, -0.25) is 0 Å². The Morgan fingerprint density at radius 3 is 2.26 bits per heavy atom. The van der Waals surface area contributed by atoms with Crippen LogP contribution in [0.15, 0.2) is 52.7 Å². The standard InChI is InChI=1S/C21H24N4OS/c1-12(2)14-5-8-16(9-6-14)22-21(27)25-24-19-17-11-15(13(3)4)7-10-18(17)23-20(19)26/h5-13,23,26H,1-4H3,(H,22,27). The smallest absolute Gasteiger partial charge is 0.218 e. The van der Waals surface area contributed by atoms with Crippen molar-refractivity contribution in [3.8, 4) is 5.88 Å². The Hall–Kier alpha value is -2.73. The van der Waals surface area contributed by atoms with Gasteiger partial charge in [0.25, 0.3) is 0 Å². The number of anilines is 1. The van der Waals surface area contributed by atoms with E-state index in [1.807, 2.05) is 30.3 Å². The molecule has 1 heterocycles. The quantitative estimate of drug-likeness (QED) is 0.352. The molecule has 0 saturated carbocycles. The van der Waals surface area contributed by atoms with E-state index >= 15 is 0 Å². The Morgan fingerprint density at radius 1 is 1.00 bits per heavy atom. The third kappa shape index (κ3) is 4.34. The fraction of sp³-hybridized carbons (Fsp3) is 0.286. The number of aromatic nitrogens is 1. The van der Waals surface area contributed by atoms with E-state index in [2.05, 4.69) is 60.4 Å². The molecule has 0 aliphatic rings. The van der Waals surface area contributed by atoms with Crippen molar-refractivity contribution in [2.24, 2.45) is 10.2 Å². The molecule has 3 N–H and O–H groups in total. The first-order valence-corrected chi connectivity index (χ1v) is 9.43. The van der Waals surface area contributed by atoms with Crippen molar-refractivity contribution in [1.82, 2.24) is 4.98 Å². The summed E-state index contributed by atoms with van der Waals surface area (Å²) in [5.41, 5.74) is 4.50. The minimum atomic E-state index is -0.0151. The Labute approximate surface area is 164 Å². The molecule has 0 aliphatic carbocycles. The largest absolute Gasteiger partial charge is 0.493 e. The summed E-state index contributed by atoms with van der Waals surface area (Å²) in [4.78, 5) is 2.92. The molecule has 0 unspecified atom stereocenters. The minimum Gasteiger partial charge on any atom is -0.493 e. The van der Waals surface area contributed by atoms with Crippen LogP contribution in [0.3, 0.4) is 0 Å². The lowest BCUT2D eigenvalue weighted by Crippen LogP contribution is -2.04. The van der Waals surface area contributed by atoms with E-state index in [1.165, 1.54) is 11.1 Å². The number of nitrogens with one attached hydrogen (secondary N) is 2. The number of benzene rings is 2. The summed E-state index contributed by atoms with van der Waals surface area (Å²) in [5.74, 6) is 0.845. The molecule has 1 aromatic heterocycles. The van der Waals surface area contributed by atoms with Crippen LogP contribution in [0.1, 0.15) is 50.7 Å². The molecule has 2 aromatic carbocycles. The average molecular weight is 381 g/mol. The van der Waals surface area contributed by atoms with Gasteiger partial charge >= 0.3 is 0 Å². The maximum atomic E-state index is 10.2. The zero-order valence-corrected chi connectivity index (χ0v) is 16.8. The van der Waals surface area contributed by atoms with Crippen molar-refractivity contribution in [3.63, 3.8) is 0 Å². The van der Waals surface area contributed by atoms with Crippen molar-refractivity contribution >= 4 is 39.6 Å². The van der Waals surface area contributed by atoms with Crippen LogP contribution in [0.5, 0.6) is 5.88 Å². The number of aromatic amines is 1. The Bertz CT molecular complexity index is 987. The third-order valence-corrected chi connectivity index (χ3v) is 4.70. The maximum absolute atomic E-state index is 10.2. The second-order valence-corrected chi connectivity index (χ2v) is 7.58. The number of thiocarbonyl (C=S) groups is 1. The summed E-state index contributed by atoms with van der Waals surface area (Å²) in [6.45, 7) is 8.55. The Kier molecular flexibility index (Phi) is 5.56. The van der Waals surface area contributed by atoms with Crippen LogP contribution in [0.2, 0.25) is 0 Å². The van der Waals surface area contributed by atoms with E-state index in [0.717, 1.165) is 16.6 Å². The van der Waals surface area contributed by atoms with Crippen molar-refractivity contribution in [1.29, 1.82) is 0 Å². The van der Waals surface area contributed by atoms with Crippen molar-refractivity contribution in [2.75, 3.05) is 5.32 Å². The van der Waals surface area contributed by atoms with Crippen LogP contribution in [0.25, 0.3) is 10.9 Å². The van der Waals surface area contributed by atoms with Crippen LogP contribution in [-0.2, 0) is 0 Å². The predicted molar refractivity (Wildman–Crippen MR) is 115 cm³/mol. The van der Waals surface area contributed by atoms with Crippen LogP contribution in [-0.4, -0.2) is 15.2 Å². The van der Waals surface area contributed by atoms with Crippen molar-refractivity contribution in [2.45, 2.75) is 39.5 Å². The van der Waals surface area contributed by atoms with E-state index in [9.17, 15) is 5.11 Å². The highest BCUT2D eigenvalue weighted by molar-refractivity contribution is 7.80. The highest BCUT2D eigenvalue weighted by Gasteiger charge is 2.12. The number of rotatable bonds is 4. The summed E-state index contributed by atoms with van der Waals surface area (Å²) in [7, 11) is 0. The summed E-state index contributed by atoms with van der Waals surface area (Å²) >= 11 is 5.26. The molecule has 27 heavy (non-hydrogen) atoms. The maximum Gasteiger partial charge on any atom is 0.218 e. The number of hydrogen-bond donors (Lipinski definition) is 3. The third-order valence-electron chi connectivity index (χ3n) is 4.51. The molecular weight excluding hydrogens is 356 g/mol. The monoisotopic (exact) mass is 380 g/mol. The molecule has 0 fully saturated rings. The van der Waals surface area contributed by atoms with Crippen LogP contribution in [0, 0.1) is 0 Å². The summed E-state index contributed by atoms with van der Waals surface area (Å²) in [6, 6.07) is 14.1. The number of aromatic hydroxyl groups is 1. The molecule has 3 rings (SSSR count). The van der Waals surface area contributed by atoms with Crippen LogP contribution < -0.4 is 5.32 Å². The number of nitrogens with zero attached hydrogens (tertiary/aromatic N) is 2. The molecule has 0 saturated heterocycles. The SMILES string of the molecule is CC(C)c1ccc(NC(=S)N=Nc2c(O)[nH]c3ccc(C(C)C)cc23)cc1. The Balaban J connectivity index is 1.79. The normalized spacial score (nSPS) is 11.8. The molecule has 0 spiro atoms. The highest BCUT2D eigenvalue weighted by atomic mass is 32.1. The average Bonchev–Trinajstić information content (AvgIpc) is 2.94. The topological polar surface area (TPSA) is 72.8 Å². The molecule has 0 aliphatic heterocycles. The van der Waals surface area contributed by atoms with Crippen LogP contribution in [0.4, 0.5) is 11.4 Å². The minimum absolute atomic E-state index is 0.0151. The van der Waals surface area contributed by atoms with Gasteiger partial charge in [-0.2, -0.15) is 0 Å². The van der Waals surface area contributed by atoms with E-state index in [0.29, 0.717) is 17.5 Å². The first-order valence-electron chi connectivity index (χ1n) is 9.02. The van der Waals surface area contributed by atoms with Gasteiger partial charge in [0, 0.05) is 11.1 Å². The van der Waals surface area contributed by atoms with E-state index in [-0.39, 0.29) is 11.0 Å². The van der Waals surface area contributed by atoms with Gasteiger partial charge in [-0.15, -0.1) is 10.2 Å². The molecular formula is C21H24N4OS. The number of hydrogen-bond acceptors (Lipinski definition) is 3. The lowest BCUT2D eigenvalue weighted by Gasteiger charge is -2.07. The zero-order chi connectivity index (χ0) is 19.6. The fourth-order valence-corrected chi connectivity index (χ4v) is 3.00. The molecule has 0 bridgehead atoms. The summed E-state index contributed by atoms with van der Waals surface area (Å²) in [6.07, 6.45) is 0. The molecule has 0 atom stereocenters. The number of H-pyrrole nitrogens is 1. The van der Waals surface area contributed by atoms with Crippen molar-refractivity contribution in [3.05, 3.63) is 53.6 Å². The lowest BCUT2D eigenvalue weighted by molar-refractivity contribution is 0.459. The van der Waals surface area contributed by atoms with Gasteiger partial charge in [0.15, 0.2) is 5.69 Å². The molecule has 0 amide bonds. The first-order chi connectivity index (χ1) is 12.8. The second-order valence-electron chi connectivity index (χ2n) is 7.19. The summed E-state index contributed by atoms with van der Waals surface area (Å²) in [5, 5.41) is 22.5. The molecule has 140 valence electrons. The fourth-order valence-electron chi connectivity index (χ4n) is 2.84. The van der Waals surface area contributed by atoms with Gasteiger partial charge in [0.2, 0.25) is 11.0 Å². The van der Waals surface area contributed by atoms with Crippen molar-refractivity contribution < 1.29 is 5.11 Å². The van der Waals surface area contributed by atoms with Gasteiger partial charge in [0.05, 0.1) is 5.52 Å². The lowest BCUT2D eigenvalue weighted by atomic mass is 10.0. The molecule has 0 radical (unpaired) electrons. The zero-order valence-electron chi connectivity index (χ0n) is 15.9. The van der Waals surface area contributed by atoms with Gasteiger partial charge in [-0.05, 0) is 59.4 Å². The van der Waals surface area contributed by atoms with Gasteiger partial charge in [-0.25, -0.2) is 0 Å². The van der Waals surface area contributed by atoms with Crippen LogP contribution >= 0.6 is 12.2 Å². The highest BCUT2D eigenvalue weighted by Crippen LogP contribution is 2.37. The van der Waals surface area contributed by atoms with Gasteiger partial charge in [0.1, 0.15) is 0 Å². The Morgan fingerprint density at radius 2 is 1.63 bits per heavy atom. The summed E-state index contributed by atoms with van der Waals surface area (Å²) < 4.78 is 0. The van der Waals surface area contributed by atoms with E-state index in [4.69, 9.17) is 12.2 Å². The van der Waals surface area contributed by atoms with E-state index in [1.54, 1.807) is 0 Å².